The molecule has 0 bridgehead atoms. The zero-order valence-electron chi connectivity index (χ0n) is 12.6. The first-order valence-electron chi connectivity index (χ1n) is 7.29. The summed E-state index contributed by atoms with van der Waals surface area (Å²) in [5.74, 6) is 0.0758. The van der Waals surface area contributed by atoms with E-state index in [9.17, 15) is 9.59 Å². The molecule has 1 heterocycles. The van der Waals surface area contributed by atoms with Crippen molar-refractivity contribution < 1.29 is 9.59 Å². The van der Waals surface area contributed by atoms with Crippen molar-refractivity contribution in [2.75, 3.05) is 0 Å². The molecule has 2 unspecified atom stereocenters. The van der Waals surface area contributed by atoms with E-state index in [1.165, 1.54) is 0 Å². The lowest BCUT2D eigenvalue weighted by Crippen LogP contribution is -2.64. The quantitative estimate of drug-likeness (QED) is 0.790. The molecule has 1 aromatic carbocycles. The van der Waals surface area contributed by atoms with Crippen molar-refractivity contribution in [1.82, 2.24) is 10.2 Å². The SMILES string of the molecule is CCC1NC(=O)C(C(C)C)N(Cc2ccc(I)cc2)C1=O. The van der Waals surface area contributed by atoms with Gasteiger partial charge in [-0.15, -0.1) is 0 Å². The summed E-state index contributed by atoms with van der Waals surface area (Å²) < 4.78 is 1.16. The van der Waals surface area contributed by atoms with E-state index >= 15 is 0 Å². The topological polar surface area (TPSA) is 49.4 Å². The van der Waals surface area contributed by atoms with Crippen LogP contribution in [-0.2, 0) is 16.1 Å². The molecule has 1 aliphatic heterocycles. The highest BCUT2D eigenvalue weighted by molar-refractivity contribution is 14.1. The number of hydrogen-bond acceptors (Lipinski definition) is 2. The molecule has 4 nitrogen and oxygen atoms in total. The minimum atomic E-state index is -0.392. The van der Waals surface area contributed by atoms with E-state index in [-0.39, 0.29) is 23.8 Å². The lowest BCUT2D eigenvalue weighted by molar-refractivity contribution is -0.152. The minimum absolute atomic E-state index is 0.0225. The standard InChI is InChI=1S/C16H21IN2O2/c1-4-13-16(21)19(14(10(2)3)15(20)18-13)9-11-5-7-12(17)8-6-11/h5-8,10,13-14H,4,9H2,1-3H3,(H,18,20). The van der Waals surface area contributed by atoms with Crippen LogP contribution in [0.1, 0.15) is 32.8 Å². The van der Waals surface area contributed by atoms with E-state index in [2.05, 4.69) is 27.9 Å². The highest BCUT2D eigenvalue weighted by Crippen LogP contribution is 2.21. The second-order valence-electron chi connectivity index (χ2n) is 5.75. The fraction of sp³-hybridized carbons (Fsp3) is 0.500. The number of benzene rings is 1. The molecule has 0 aliphatic carbocycles. The van der Waals surface area contributed by atoms with Crippen LogP contribution in [0.3, 0.4) is 0 Å². The number of carbonyl (C=O) groups excluding carboxylic acids is 2. The molecular formula is C16H21IN2O2. The number of carbonyl (C=O) groups is 2. The highest BCUT2D eigenvalue weighted by atomic mass is 127. The molecule has 21 heavy (non-hydrogen) atoms. The Balaban J connectivity index is 2.27. The molecule has 2 amide bonds. The summed E-state index contributed by atoms with van der Waals surface area (Å²) in [5, 5.41) is 2.84. The smallest absolute Gasteiger partial charge is 0.246 e. The number of nitrogens with one attached hydrogen (secondary N) is 1. The zero-order valence-corrected chi connectivity index (χ0v) is 14.8. The van der Waals surface area contributed by atoms with Gasteiger partial charge >= 0.3 is 0 Å². The summed E-state index contributed by atoms with van der Waals surface area (Å²) >= 11 is 2.25. The predicted octanol–water partition coefficient (Wildman–Crippen LogP) is 2.55. The summed E-state index contributed by atoms with van der Waals surface area (Å²) in [6.45, 7) is 6.36. The molecule has 0 aromatic heterocycles. The summed E-state index contributed by atoms with van der Waals surface area (Å²) in [7, 11) is 0. The van der Waals surface area contributed by atoms with Crippen LogP contribution < -0.4 is 5.32 Å². The Morgan fingerprint density at radius 2 is 1.86 bits per heavy atom. The summed E-state index contributed by atoms with van der Waals surface area (Å²) in [5.41, 5.74) is 1.05. The Bertz CT molecular complexity index is 528. The second kappa shape index (κ2) is 6.77. The fourth-order valence-electron chi connectivity index (χ4n) is 2.70. The van der Waals surface area contributed by atoms with E-state index in [1.807, 2.05) is 45.0 Å². The minimum Gasteiger partial charge on any atom is -0.343 e. The Morgan fingerprint density at radius 3 is 2.38 bits per heavy atom. The Hall–Kier alpha value is -1.11. The van der Waals surface area contributed by atoms with E-state index in [0.717, 1.165) is 9.13 Å². The van der Waals surface area contributed by atoms with Gasteiger partial charge in [-0.25, -0.2) is 0 Å². The van der Waals surface area contributed by atoms with E-state index in [0.29, 0.717) is 13.0 Å². The second-order valence-corrected chi connectivity index (χ2v) is 7.00. The van der Waals surface area contributed by atoms with Gasteiger partial charge in [0, 0.05) is 10.1 Å². The molecule has 1 fully saturated rings. The molecule has 2 atom stereocenters. The maximum atomic E-state index is 12.6. The van der Waals surface area contributed by atoms with Crippen molar-refractivity contribution in [3.8, 4) is 0 Å². The van der Waals surface area contributed by atoms with Crippen molar-refractivity contribution in [3.63, 3.8) is 0 Å². The van der Waals surface area contributed by atoms with Crippen molar-refractivity contribution in [3.05, 3.63) is 33.4 Å². The summed E-state index contributed by atoms with van der Waals surface area (Å²) in [4.78, 5) is 26.6. The lowest BCUT2D eigenvalue weighted by Gasteiger charge is -2.40. The van der Waals surface area contributed by atoms with Crippen LogP contribution in [0.4, 0.5) is 0 Å². The van der Waals surface area contributed by atoms with Crippen molar-refractivity contribution in [2.24, 2.45) is 5.92 Å². The molecule has 1 N–H and O–H groups in total. The number of hydrogen-bond donors (Lipinski definition) is 1. The van der Waals surface area contributed by atoms with E-state index < -0.39 is 6.04 Å². The molecule has 1 aliphatic rings. The molecule has 2 rings (SSSR count). The Labute approximate surface area is 139 Å². The van der Waals surface area contributed by atoms with Gasteiger partial charge in [0.05, 0.1) is 0 Å². The Morgan fingerprint density at radius 1 is 1.24 bits per heavy atom. The average Bonchev–Trinajstić information content (AvgIpc) is 2.44. The normalized spacial score (nSPS) is 22.6. The molecular weight excluding hydrogens is 379 g/mol. The zero-order chi connectivity index (χ0) is 15.6. The van der Waals surface area contributed by atoms with Gasteiger partial charge in [0.15, 0.2) is 0 Å². The molecule has 1 saturated heterocycles. The third-order valence-corrected chi connectivity index (χ3v) is 4.53. The van der Waals surface area contributed by atoms with Crippen LogP contribution in [0.2, 0.25) is 0 Å². The first-order chi connectivity index (χ1) is 9.93. The third-order valence-electron chi connectivity index (χ3n) is 3.81. The molecule has 0 spiro atoms. The monoisotopic (exact) mass is 400 g/mol. The third kappa shape index (κ3) is 3.56. The maximum absolute atomic E-state index is 12.6. The van der Waals surface area contributed by atoms with Crippen LogP contribution in [-0.4, -0.2) is 28.8 Å². The van der Waals surface area contributed by atoms with Crippen molar-refractivity contribution >= 4 is 34.4 Å². The van der Waals surface area contributed by atoms with Crippen LogP contribution in [0, 0.1) is 9.49 Å². The van der Waals surface area contributed by atoms with Gasteiger partial charge in [0.1, 0.15) is 12.1 Å². The van der Waals surface area contributed by atoms with Crippen LogP contribution >= 0.6 is 22.6 Å². The molecule has 0 saturated carbocycles. The molecule has 1 aromatic rings. The van der Waals surface area contributed by atoms with Gasteiger partial charge in [0.25, 0.3) is 0 Å². The maximum Gasteiger partial charge on any atom is 0.246 e. The van der Waals surface area contributed by atoms with Gasteiger partial charge in [-0.1, -0.05) is 32.9 Å². The van der Waals surface area contributed by atoms with Gasteiger partial charge < -0.3 is 10.2 Å². The largest absolute Gasteiger partial charge is 0.343 e. The molecule has 114 valence electrons. The Kier molecular flexibility index (Phi) is 5.24. The predicted molar refractivity (Wildman–Crippen MR) is 90.6 cm³/mol. The number of rotatable bonds is 4. The molecule has 5 heteroatoms. The van der Waals surface area contributed by atoms with Crippen molar-refractivity contribution in [1.29, 1.82) is 0 Å². The lowest BCUT2D eigenvalue weighted by atomic mass is 9.95. The van der Waals surface area contributed by atoms with Crippen LogP contribution in [0.25, 0.3) is 0 Å². The number of amides is 2. The first kappa shape index (κ1) is 16.3. The number of piperazine rings is 1. The number of halogens is 1. The van der Waals surface area contributed by atoms with E-state index in [1.54, 1.807) is 4.90 Å². The van der Waals surface area contributed by atoms with Gasteiger partial charge in [-0.3, -0.25) is 9.59 Å². The van der Waals surface area contributed by atoms with Crippen molar-refractivity contribution in [2.45, 2.75) is 45.8 Å². The van der Waals surface area contributed by atoms with Gasteiger partial charge in [-0.2, -0.15) is 0 Å². The fourth-order valence-corrected chi connectivity index (χ4v) is 3.06. The van der Waals surface area contributed by atoms with Gasteiger partial charge in [-0.05, 0) is 52.6 Å². The van der Waals surface area contributed by atoms with Crippen LogP contribution in [0.5, 0.6) is 0 Å². The number of nitrogens with zero attached hydrogens (tertiary/aromatic N) is 1. The van der Waals surface area contributed by atoms with E-state index in [4.69, 9.17) is 0 Å². The van der Waals surface area contributed by atoms with Gasteiger partial charge in [0.2, 0.25) is 11.8 Å². The summed E-state index contributed by atoms with van der Waals surface area (Å²) in [6, 6.07) is 7.29. The van der Waals surface area contributed by atoms with Crippen LogP contribution in [0.15, 0.2) is 24.3 Å². The average molecular weight is 400 g/mol. The first-order valence-corrected chi connectivity index (χ1v) is 8.37. The molecule has 0 radical (unpaired) electrons. The highest BCUT2D eigenvalue weighted by Gasteiger charge is 2.41. The summed E-state index contributed by atoms with van der Waals surface area (Å²) in [6.07, 6.45) is 0.624.